The van der Waals surface area contributed by atoms with Crippen molar-refractivity contribution in [1.82, 2.24) is 4.31 Å². The van der Waals surface area contributed by atoms with Crippen LogP contribution in [0.15, 0.2) is 48.1 Å². The average Bonchev–Trinajstić information content (AvgIpc) is 2.55. The number of nitrogens with one attached hydrogen (secondary N) is 1. The molecule has 0 atom stereocenters. The minimum absolute atomic E-state index is 0.228. The molecule has 0 fully saturated rings. The van der Waals surface area contributed by atoms with E-state index in [-0.39, 0.29) is 15.7 Å². The third kappa shape index (κ3) is 2.51. The van der Waals surface area contributed by atoms with E-state index < -0.39 is 31.6 Å². The van der Waals surface area contributed by atoms with Crippen molar-refractivity contribution in [2.75, 3.05) is 14.1 Å². The summed E-state index contributed by atoms with van der Waals surface area (Å²) in [5, 5.41) is 18.9. The highest BCUT2D eigenvalue weighted by atomic mass is 32.2. The molecule has 2 aromatic rings. The van der Waals surface area contributed by atoms with Gasteiger partial charge in [-0.25, -0.2) is 12.7 Å². The Kier molecular flexibility index (Phi) is 4.40. The molecule has 11 nitrogen and oxygen atoms in total. The molecule has 0 aliphatic carbocycles. The van der Waals surface area contributed by atoms with Crippen LogP contribution < -0.4 is 21.6 Å². The van der Waals surface area contributed by atoms with Gasteiger partial charge in [-0.15, -0.1) is 5.10 Å². The van der Waals surface area contributed by atoms with Gasteiger partial charge in [0.15, 0.2) is 15.8 Å². The van der Waals surface area contributed by atoms with Gasteiger partial charge in [0.2, 0.25) is 15.5 Å². The summed E-state index contributed by atoms with van der Waals surface area (Å²) in [6, 6.07) is 3.75. The van der Waals surface area contributed by atoms with E-state index in [4.69, 9.17) is 10.9 Å². The van der Waals surface area contributed by atoms with E-state index in [9.17, 15) is 18.0 Å². The van der Waals surface area contributed by atoms with Crippen LogP contribution in [0.3, 0.4) is 0 Å². The highest BCUT2D eigenvalue weighted by molar-refractivity contribution is 7.89. The lowest BCUT2D eigenvalue weighted by atomic mass is 10.1. The van der Waals surface area contributed by atoms with Gasteiger partial charge in [0.05, 0.1) is 4.90 Å². The molecule has 0 radical (unpaired) electrons. The summed E-state index contributed by atoms with van der Waals surface area (Å²) in [7, 11) is -1.45. The molecule has 12 heteroatoms. The Morgan fingerprint density at radius 2 is 1.83 bits per heavy atom. The zero-order chi connectivity index (χ0) is 18.1. The van der Waals surface area contributed by atoms with Gasteiger partial charge >= 0.3 is 5.08 Å². The Morgan fingerprint density at radius 3 is 2.38 bits per heavy atom. The summed E-state index contributed by atoms with van der Waals surface area (Å²) in [4.78, 5) is 24.0. The second kappa shape index (κ2) is 6.14. The predicted molar refractivity (Wildman–Crippen MR) is 81.1 cm³/mol. The lowest BCUT2D eigenvalue weighted by molar-refractivity contribution is 0.521. The molecule has 0 aliphatic heterocycles. The number of hydrogen-bond acceptors (Lipinski definition) is 8. The second-order valence-electron chi connectivity index (χ2n) is 4.71. The Hall–Kier alpha value is -3.17. The number of benzene rings is 2. The number of hydrogen-bond donors (Lipinski definition) is 1. The maximum atomic E-state index is 12.5. The number of sulfonamides is 1. The molecular formula is C12H10N7O4S+. The molecule has 0 bridgehead atoms. The Balaban J connectivity index is 3.39. The zero-order valence-corrected chi connectivity index (χ0v) is 13.3. The topological polar surface area (TPSA) is 161 Å². The normalized spacial score (nSPS) is 13.4. The zero-order valence-electron chi connectivity index (χ0n) is 12.5. The SMILES string of the molecule is CN(C)S(=O)(=O)c1cccc2c(=O)c(=O)c(=NN=N)c(=N[N+]#N)c12. The van der Waals surface area contributed by atoms with E-state index in [2.05, 4.69) is 20.5 Å². The molecule has 0 aliphatic rings. The first kappa shape index (κ1) is 17.2. The van der Waals surface area contributed by atoms with Crippen molar-refractivity contribution in [1.29, 1.82) is 10.9 Å². The minimum Gasteiger partial charge on any atom is -0.285 e. The van der Waals surface area contributed by atoms with Gasteiger partial charge in [-0.2, -0.15) is 5.53 Å². The van der Waals surface area contributed by atoms with Gasteiger partial charge in [-0.3, -0.25) is 9.59 Å². The summed E-state index contributed by atoms with van der Waals surface area (Å²) in [6.07, 6.45) is 0. The first-order valence-corrected chi connectivity index (χ1v) is 7.73. The molecule has 0 heterocycles. The predicted octanol–water partition coefficient (Wildman–Crippen LogP) is -0.798. The smallest absolute Gasteiger partial charge is 0.285 e. The Bertz CT molecular complexity index is 1220. The molecule has 0 spiro atoms. The molecule has 2 rings (SSSR count). The molecule has 0 saturated heterocycles. The van der Waals surface area contributed by atoms with E-state index in [1.165, 1.54) is 32.3 Å². The number of fused-ring (bicyclic) bond motifs is 1. The molecular weight excluding hydrogens is 338 g/mol. The molecule has 24 heavy (non-hydrogen) atoms. The summed E-state index contributed by atoms with van der Waals surface area (Å²) in [6.45, 7) is 0. The minimum atomic E-state index is -4.02. The van der Waals surface area contributed by atoms with E-state index in [1.54, 1.807) is 0 Å². The van der Waals surface area contributed by atoms with Crippen molar-refractivity contribution >= 4 is 20.8 Å². The maximum Gasteiger partial charge on any atom is 0.339 e. The van der Waals surface area contributed by atoms with E-state index in [1.807, 2.05) is 0 Å². The van der Waals surface area contributed by atoms with Gasteiger partial charge in [-0.05, 0) is 6.07 Å². The fourth-order valence-electron chi connectivity index (χ4n) is 2.12. The lowest BCUT2D eigenvalue weighted by Crippen LogP contribution is -2.48. The molecule has 1 N–H and O–H groups in total. The fraction of sp³-hybridized carbons (Fsp3) is 0.167. The standard InChI is InChI=1S/C12H10N7O4S/c1-19(2)24(22,23)7-5-3-4-6-8(7)9(15-17-13)10(16-18-14)12(21)11(6)20/h3-5,14H,1-2H3/q+1. The van der Waals surface area contributed by atoms with Crippen LogP contribution in [-0.4, -0.2) is 26.8 Å². The number of nitrogens with zero attached hydrogens (tertiary/aromatic N) is 6. The van der Waals surface area contributed by atoms with Crippen molar-refractivity contribution < 1.29 is 8.42 Å². The van der Waals surface area contributed by atoms with Crippen molar-refractivity contribution in [3.8, 4) is 0 Å². The molecule has 0 amide bonds. The molecule has 0 aromatic heterocycles. The van der Waals surface area contributed by atoms with Crippen LogP contribution in [0, 0.1) is 10.9 Å². The van der Waals surface area contributed by atoms with Gasteiger partial charge in [0.1, 0.15) is 0 Å². The highest BCUT2D eigenvalue weighted by Gasteiger charge is 2.24. The lowest BCUT2D eigenvalue weighted by Gasteiger charge is -2.12. The molecule has 2 aromatic carbocycles. The second-order valence-corrected chi connectivity index (χ2v) is 6.83. The van der Waals surface area contributed by atoms with Crippen LogP contribution in [0.5, 0.6) is 0 Å². The summed E-state index contributed by atoms with van der Waals surface area (Å²) in [5.41, 5.74) is 4.58. The van der Waals surface area contributed by atoms with Crippen LogP contribution in [0.1, 0.15) is 0 Å². The third-order valence-electron chi connectivity index (χ3n) is 3.21. The van der Waals surface area contributed by atoms with Crippen molar-refractivity contribution in [2.45, 2.75) is 4.90 Å². The van der Waals surface area contributed by atoms with Crippen molar-refractivity contribution in [3.05, 3.63) is 54.4 Å². The van der Waals surface area contributed by atoms with Crippen LogP contribution >= 0.6 is 0 Å². The van der Waals surface area contributed by atoms with Crippen LogP contribution in [-0.2, 0) is 10.0 Å². The molecule has 0 saturated carbocycles. The number of rotatable bonds is 3. The summed E-state index contributed by atoms with van der Waals surface area (Å²) >= 11 is 0. The van der Waals surface area contributed by atoms with Gasteiger partial charge < -0.3 is 0 Å². The maximum absolute atomic E-state index is 12.5. The largest absolute Gasteiger partial charge is 0.339 e. The average molecular weight is 348 g/mol. The van der Waals surface area contributed by atoms with Gasteiger partial charge in [-0.1, -0.05) is 17.4 Å². The van der Waals surface area contributed by atoms with Crippen molar-refractivity contribution in [3.63, 3.8) is 0 Å². The Morgan fingerprint density at radius 1 is 1.17 bits per heavy atom. The fourth-order valence-corrected chi connectivity index (χ4v) is 3.23. The summed E-state index contributed by atoms with van der Waals surface area (Å²) < 4.78 is 25.9. The first-order chi connectivity index (χ1) is 11.3. The number of diazo groups is 1. The van der Waals surface area contributed by atoms with E-state index in [0.29, 0.717) is 0 Å². The van der Waals surface area contributed by atoms with Crippen LogP contribution in [0.2, 0.25) is 0 Å². The van der Waals surface area contributed by atoms with Gasteiger partial charge in [0, 0.05) is 24.9 Å². The monoisotopic (exact) mass is 348 g/mol. The first-order valence-electron chi connectivity index (χ1n) is 6.29. The quantitative estimate of drug-likeness (QED) is 0.332. The van der Waals surface area contributed by atoms with Crippen LogP contribution in [0.25, 0.3) is 15.9 Å². The molecule has 122 valence electrons. The van der Waals surface area contributed by atoms with Crippen molar-refractivity contribution in [2.24, 2.45) is 15.4 Å². The van der Waals surface area contributed by atoms with Crippen LogP contribution in [0.4, 0.5) is 0 Å². The van der Waals surface area contributed by atoms with Gasteiger partial charge in [0.25, 0.3) is 10.8 Å². The van der Waals surface area contributed by atoms with E-state index >= 15 is 0 Å². The summed E-state index contributed by atoms with van der Waals surface area (Å²) in [5.74, 6) is 0. The Labute approximate surface area is 134 Å². The molecule has 0 unspecified atom stereocenters. The third-order valence-corrected chi connectivity index (χ3v) is 5.06. The van der Waals surface area contributed by atoms with E-state index in [0.717, 1.165) is 4.31 Å². The highest BCUT2D eigenvalue weighted by Crippen LogP contribution is 2.19.